The SMILES string of the molecule is Cc1cc(C(C)(C)C)cc(C)c1-c1cnn(-c2cccc(Oc3ccc4c5ccccc5n(-c5cc(CC(C)C)ccn5)c4c3)c2)c1. The number of rotatable bonds is 7. The average molecular weight is 619 g/mol. The van der Waals surface area contributed by atoms with E-state index < -0.39 is 0 Å². The van der Waals surface area contributed by atoms with Gasteiger partial charge in [-0.15, -0.1) is 0 Å². The summed E-state index contributed by atoms with van der Waals surface area (Å²) in [6.07, 6.45) is 6.99. The quantitative estimate of drug-likeness (QED) is 0.178. The summed E-state index contributed by atoms with van der Waals surface area (Å²) in [5.74, 6) is 3.01. The molecule has 0 aliphatic rings. The van der Waals surface area contributed by atoms with E-state index in [0.717, 1.165) is 46.0 Å². The normalized spacial score (nSPS) is 12.0. The highest BCUT2D eigenvalue weighted by Crippen LogP contribution is 2.36. The Morgan fingerprint density at radius 1 is 0.766 bits per heavy atom. The zero-order valence-corrected chi connectivity index (χ0v) is 28.4. The van der Waals surface area contributed by atoms with Crippen molar-refractivity contribution in [1.82, 2.24) is 19.3 Å². The van der Waals surface area contributed by atoms with E-state index in [1.807, 2.05) is 41.3 Å². The number of benzene rings is 4. The minimum absolute atomic E-state index is 0.106. The van der Waals surface area contributed by atoms with Crippen molar-refractivity contribution < 1.29 is 4.74 Å². The van der Waals surface area contributed by atoms with Crippen molar-refractivity contribution in [2.24, 2.45) is 5.92 Å². The van der Waals surface area contributed by atoms with Crippen molar-refractivity contribution >= 4 is 21.8 Å². The molecular weight excluding hydrogens is 576 g/mol. The molecule has 3 aromatic heterocycles. The van der Waals surface area contributed by atoms with Crippen LogP contribution < -0.4 is 4.74 Å². The summed E-state index contributed by atoms with van der Waals surface area (Å²) in [7, 11) is 0. The van der Waals surface area contributed by atoms with Gasteiger partial charge in [0.25, 0.3) is 0 Å². The predicted molar refractivity (Wildman–Crippen MR) is 194 cm³/mol. The minimum atomic E-state index is 0.106. The first kappa shape index (κ1) is 30.5. The highest BCUT2D eigenvalue weighted by atomic mass is 16.5. The molecule has 236 valence electrons. The van der Waals surface area contributed by atoms with Crippen molar-refractivity contribution in [1.29, 1.82) is 0 Å². The fourth-order valence-corrected chi connectivity index (χ4v) is 6.71. The second-order valence-corrected chi connectivity index (χ2v) is 14.2. The van der Waals surface area contributed by atoms with Crippen molar-refractivity contribution in [2.75, 3.05) is 0 Å². The van der Waals surface area contributed by atoms with Gasteiger partial charge in [0.1, 0.15) is 17.3 Å². The summed E-state index contributed by atoms with van der Waals surface area (Å²) in [5, 5.41) is 7.11. The lowest BCUT2D eigenvalue weighted by Gasteiger charge is -2.22. The maximum absolute atomic E-state index is 6.51. The van der Waals surface area contributed by atoms with E-state index in [4.69, 9.17) is 14.8 Å². The summed E-state index contributed by atoms with van der Waals surface area (Å²) in [6.45, 7) is 15.7. The number of aryl methyl sites for hydroxylation is 2. The molecule has 0 radical (unpaired) electrons. The van der Waals surface area contributed by atoms with Gasteiger partial charge in [0.15, 0.2) is 0 Å². The Bertz CT molecular complexity index is 2220. The molecule has 5 nitrogen and oxygen atoms in total. The molecule has 0 bridgehead atoms. The first-order chi connectivity index (χ1) is 22.5. The first-order valence-corrected chi connectivity index (χ1v) is 16.5. The van der Waals surface area contributed by atoms with Crippen LogP contribution in [-0.4, -0.2) is 19.3 Å². The Morgan fingerprint density at radius 3 is 2.28 bits per heavy atom. The monoisotopic (exact) mass is 618 g/mol. The Labute approximate surface area is 277 Å². The van der Waals surface area contributed by atoms with Crippen molar-refractivity contribution in [3.8, 4) is 34.1 Å². The molecule has 0 spiro atoms. The molecule has 7 rings (SSSR count). The smallest absolute Gasteiger partial charge is 0.137 e. The maximum atomic E-state index is 6.51. The molecule has 0 saturated heterocycles. The van der Waals surface area contributed by atoms with Gasteiger partial charge in [-0.1, -0.05) is 71.0 Å². The summed E-state index contributed by atoms with van der Waals surface area (Å²) in [4.78, 5) is 4.81. The van der Waals surface area contributed by atoms with Crippen LogP contribution in [-0.2, 0) is 11.8 Å². The van der Waals surface area contributed by atoms with Gasteiger partial charge < -0.3 is 4.74 Å². The Balaban J connectivity index is 1.22. The number of hydrogen-bond donors (Lipinski definition) is 0. The predicted octanol–water partition coefficient (Wildman–Crippen LogP) is 10.9. The van der Waals surface area contributed by atoms with Crippen LogP contribution >= 0.6 is 0 Å². The fraction of sp³-hybridized carbons (Fsp3) is 0.238. The average Bonchev–Trinajstić information content (AvgIpc) is 3.63. The molecule has 0 amide bonds. The number of fused-ring (bicyclic) bond motifs is 3. The Kier molecular flexibility index (Phi) is 7.71. The van der Waals surface area contributed by atoms with E-state index in [1.54, 1.807) is 0 Å². The Morgan fingerprint density at radius 2 is 1.51 bits per heavy atom. The standard InChI is InChI=1S/C42H42N4O/c1-27(2)19-30-17-18-43-40(22-30)46-38-14-9-8-13-36(38)37-16-15-35(24-39(37)46)47-34-12-10-11-33(23-34)45-26-31(25-44-45)41-28(3)20-32(21-29(41)4)42(5,6)7/h8-18,20-27H,19H2,1-7H3. The molecule has 7 aromatic rings. The molecule has 0 aliphatic heterocycles. The molecule has 0 aliphatic carbocycles. The van der Waals surface area contributed by atoms with E-state index in [2.05, 4.69) is 126 Å². The van der Waals surface area contributed by atoms with Gasteiger partial charge in [-0.05, 0) is 102 Å². The minimum Gasteiger partial charge on any atom is -0.457 e. The van der Waals surface area contributed by atoms with Gasteiger partial charge in [0, 0.05) is 40.9 Å². The molecule has 3 heterocycles. The molecule has 0 fully saturated rings. The van der Waals surface area contributed by atoms with E-state index in [-0.39, 0.29) is 5.41 Å². The van der Waals surface area contributed by atoms with Crippen molar-refractivity contribution in [3.05, 3.63) is 132 Å². The second kappa shape index (κ2) is 11.9. The van der Waals surface area contributed by atoms with Crippen molar-refractivity contribution in [3.63, 3.8) is 0 Å². The molecule has 0 atom stereocenters. The van der Waals surface area contributed by atoms with Gasteiger partial charge in [0.05, 0.1) is 22.9 Å². The summed E-state index contributed by atoms with van der Waals surface area (Å²) < 4.78 is 10.7. The number of pyridine rings is 1. The Hall–Kier alpha value is -5.16. The number of para-hydroxylation sites is 1. The highest BCUT2D eigenvalue weighted by Gasteiger charge is 2.18. The highest BCUT2D eigenvalue weighted by molar-refractivity contribution is 6.09. The lowest BCUT2D eigenvalue weighted by atomic mass is 9.83. The molecular formula is C42H42N4O. The van der Waals surface area contributed by atoms with Crippen LogP contribution in [0.1, 0.15) is 56.9 Å². The molecule has 0 unspecified atom stereocenters. The summed E-state index contributed by atoms with van der Waals surface area (Å²) in [5.41, 5.74) is 10.8. The fourth-order valence-electron chi connectivity index (χ4n) is 6.71. The van der Waals surface area contributed by atoms with Crippen LogP contribution in [0.4, 0.5) is 0 Å². The number of ether oxygens (including phenoxy) is 1. The third-order valence-corrected chi connectivity index (χ3v) is 8.92. The number of hydrogen-bond acceptors (Lipinski definition) is 3. The molecule has 4 aromatic carbocycles. The summed E-state index contributed by atoms with van der Waals surface area (Å²) in [6, 6.07) is 31.9. The second-order valence-electron chi connectivity index (χ2n) is 14.2. The lowest BCUT2D eigenvalue weighted by molar-refractivity contribution is 0.483. The van der Waals surface area contributed by atoms with Crippen LogP contribution in [0.2, 0.25) is 0 Å². The van der Waals surface area contributed by atoms with E-state index >= 15 is 0 Å². The van der Waals surface area contributed by atoms with Crippen LogP contribution in [0.3, 0.4) is 0 Å². The van der Waals surface area contributed by atoms with Crippen LogP contribution in [0.15, 0.2) is 110 Å². The third kappa shape index (κ3) is 5.94. The number of aromatic nitrogens is 4. The largest absolute Gasteiger partial charge is 0.457 e. The lowest BCUT2D eigenvalue weighted by Crippen LogP contribution is -2.12. The van der Waals surface area contributed by atoms with Gasteiger partial charge in [-0.3, -0.25) is 4.57 Å². The first-order valence-electron chi connectivity index (χ1n) is 16.5. The molecule has 0 N–H and O–H groups in total. The van der Waals surface area contributed by atoms with Crippen LogP contribution in [0, 0.1) is 19.8 Å². The molecule has 47 heavy (non-hydrogen) atoms. The van der Waals surface area contributed by atoms with Gasteiger partial charge >= 0.3 is 0 Å². The van der Waals surface area contributed by atoms with E-state index in [1.165, 1.54) is 38.6 Å². The van der Waals surface area contributed by atoms with Crippen LogP contribution in [0.25, 0.3) is 44.4 Å². The summed E-state index contributed by atoms with van der Waals surface area (Å²) >= 11 is 0. The van der Waals surface area contributed by atoms with Gasteiger partial charge in [-0.2, -0.15) is 5.10 Å². The third-order valence-electron chi connectivity index (χ3n) is 8.92. The van der Waals surface area contributed by atoms with Gasteiger partial charge in [-0.25, -0.2) is 9.67 Å². The van der Waals surface area contributed by atoms with Crippen molar-refractivity contribution in [2.45, 2.75) is 60.3 Å². The number of nitrogens with zero attached hydrogens (tertiary/aromatic N) is 4. The molecule has 0 saturated carbocycles. The maximum Gasteiger partial charge on any atom is 0.137 e. The van der Waals surface area contributed by atoms with Gasteiger partial charge in [0.2, 0.25) is 0 Å². The molecule has 5 heteroatoms. The topological polar surface area (TPSA) is 44.9 Å². The zero-order valence-electron chi connectivity index (χ0n) is 28.4. The van der Waals surface area contributed by atoms with E-state index in [9.17, 15) is 0 Å². The van der Waals surface area contributed by atoms with E-state index in [0.29, 0.717) is 5.92 Å². The van der Waals surface area contributed by atoms with Crippen LogP contribution in [0.5, 0.6) is 11.5 Å². The zero-order chi connectivity index (χ0) is 32.9.